The van der Waals surface area contributed by atoms with Gasteiger partial charge in [0.1, 0.15) is 0 Å². The molecule has 0 spiro atoms. The van der Waals surface area contributed by atoms with Crippen LogP contribution in [-0.2, 0) is 11.3 Å². The average Bonchev–Trinajstić information content (AvgIpc) is 3.18. The van der Waals surface area contributed by atoms with Crippen molar-refractivity contribution in [1.82, 2.24) is 4.90 Å². The summed E-state index contributed by atoms with van der Waals surface area (Å²) in [5.74, 6) is -0.299. The van der Waals surface area contributed by atoms with Crippen molar-refractivity contribution in [3.8, 4) is 11.5 Å². The molecule has 0 radical (unpaired) electrons. The fourth-order valence-corrected chi connectivity index (χ4v) is 5.52. The molecule has 6 nitrogen and oxygen atoms in total. The first kappa shape index (κ1) is 25.8. The lowest BCUT2D eigenvalue weighted by molar-refractivity contribution is -0.123. The Bertz CT molecular complexity index is 1580. The van der Waals surface area contributed by atoms with Crippen molar-refractivity contribution in [1.29, 1.82) is 0 Å². The minimum atomic E-state index is -0.516. The molecule has 1 fully saturated rings. The Morgan fingerprint density at radius 3 is 2.50 bits per heavy atom. The molecule has 0 unspecified atom stereocenters. The summed E-state index contributed by atoms with van der Waals surface area (Å²) in [7, 11) is 0. The van der Waals surface area contributed by atoms with Gasteiger partial charge in [-0.05, 0) is 80.8 Å². The molecule has 5 rings (SSSR count). The first-order valence-electron chi connectivity index (χ1n) is 11.9. The van der Waals surface area contributed by atoms with Gasteiger partial charge in [0.25, 0.3) is 11.1 Å². The molecule has 0 atom stereocenters. The Morgan fingerprint density at radius 1 is 0.974 bits per heavy atom. The molecular weight excluding hydrogens is 566 g/mol. The molecule has 0 N–H and O–H groups in total. The van der Waals surface area contributed by atoms with Crippen LogP contribution in [0.15, 0.2) is 94.3 Å². The van der Waals surface area contributed by atoms with Gasteiger partial charge in [0, 0.05) is 0 Å². The highest BCUT2D eigenvalue weighted by molar-refractivity contribution is 9.10. The summed E-state index contributed by atoms with van der Waals surface area (Å²) >= 11 is 4.39. The Morgan fingerprint density at radius 2 is 1.71 bits per heavy atom. The van der Waals surface area contributed by atoms with Gasteiger partial charge in [0.2, 0.25) is 0 Å². The van der Waals surface area contributed by atoms with Gasteiger partial charge in [-0.2, -0.15) is 0 Å². The number of hydrogen-bond donors (Lipinski definition) is 0. The first-order valence-corrected chi connectivity index (χ1v) is 13.5. The van der Waals surface area contributed by atoms with Gasteiger partial charge in [0.15, 0.2) is 11.5 Å². The van der Waals surface area contributed by atoms with E-state index in [2.05, 4.69) is 15.9 Å². The highest BCUT2D eigenvalue weighted by atomic mass is 79.9. The van der Waals surface area contributed by atoms with Crippen molar-refractivity contribution in [3.05, 3.63) is 111 Å². The number of esters is 1. The minimum Gasteiger partial charge on any atom is -0.490 e. The van der Waals surface area contributed by atoms with Gasteiger partial charge >= 0.3 is 5.97 Å². The van der Waals surface area contributed by atoms with Crippen LogP contribution in [0, 0.1) is 0 Å². The van der Waals surface area contributed by atoms with E-state index in [-0.39, 0.29) is 23.4 Å². The van der Waals surface area contributed by atoms with E-state index in [1.165, 1.54) is 4.90 Å². The van der Waals surface area contributed by atoms with Crippen molar-refractivity contribution in [2.75, 3.05) is 6.61 Å². The highest BCUT2D eigenvalue weighted by Gasteiger charge is 2.35. The number of hydrogen-bond acceptors (Lipinski definition) is 6. The van der Waals surface area contributed by atoms with Crippen molar-refractivity contribution < 1.29 is 23.9 Å². The monoisotopic (exact) mass is 587 g/mol. The van der Waals surface area contributed by atoms with E-state index in [9.17, 15) is 14.4 Å². The van der Waals surface area contributed by atoms with E-state index in [1.807, 2.05) is 73.7 Å². The zero-order valence-corrected chi connectivity index (χ0v) is 22.8. The van der Waals surface area contributed by atoms with E-state index in [0.29, 0.717) is 32.9 Å². The third kappa shape index (κ3) is 5.37. The number of nitrogens with zero attached hydrogens (tertiary/aromatic N) is 1. The molecule has 0 aliphatic carbocycles. The van der Waals surface area contributed by atoms with Crippen LogP contribution in [0.3, 0.4) is 0 Å². The molecule has 38 heavy (non-hydrogen) atoms. The summed E-state index contributed by atoms with van der Waals surface area (Å²) in [4.78, 5) is 40.3. The number of carbonyl (C=O) groups is 3. The molecule has 0 bridgehead atoms. The summed E-state index contributed by atoms with van der Waals surface area (Å²) < 4.78 is 12.1. The number of thioether (sulfide) groups is 1. The first-order chi connectivity index (χ1) is 18.4. The second kappa shape index (κ2) is 11.2. The largest absolute Gasteiger partial charge is 0.490 e. The van der Waals surface area contributed by atoms with Crippen LogP contribution in [0.1, 0.15) is 28.4 Å². The van der Waals surface area contributed by atoms with Gasteiger partial charge in [-0.15, -0.1) is 0 Å². The number of imide groups is 1. The van der Waals surface area contributed by atoms with Gasteiger partial charge in [-0.3, -0.25) is 14.5 Å². The van der Waals surface area contributed by atoms with Crippen LogP contribution >= 0.6 is 27.7 Å². The van der Waals surface area contributed by atoms with Crippen LogP contribution in [-0.4, -0.2) is 28.6 Å². The SMILES string of the molecule is CCOc1cc(/C=C2\SC(=O)N(Cc3ccccc3)C2=O)cc(Br)c1OC(=O)c1cccc2ccccc12. The van der Waals surface area contributed by atoms with Gasteiger partial charge in [0.05, 0.1) is 28.1 Å². The summed E-state index contributed by atoms with van der Waals surface area (Å²) in [6.45, 7) is 2.37. The molecule has 190 valence electrons. The van der Waals surface area contributed by atoms with Crippen LogP contribution in [0.2, 0.25) is 0 Å². The Kier molecular flexibility index (Phi) is 7.62. The summed E-state index contributed by atoms with van der Waals surface area (Å²) in [5, 5.41) is 1.40. The van der Waals surface area contributed by atoms with Crippen LogP contribution in [0.4, 0.5) is 4.79 Å². The quantitative estimate of drug-likeness (QED) is 0.127. The number of fused-ring (bicyclic) bond motifs is 1. The lowest BCUT2D eigenvalue weighted by Crippen LogP contribution is -2.27. The van der Waals surface area contributed by atoms with Crippen molar-refractivity contribution in [3.63, 3.8) is 0 Å². The van der Waals surface area contributed by atoms with Crippen molar-refractivity contribution >= 4 is 61.7 Å². The maximum Gasteiger partial charge on any atom is 0.344 e. The van der Waals surface area contributed by atoms with Gasteiger partial charge in [-0.25, -0.2) is 4.79 Å². The van der Waals surface area contributed by atoms with E-state index >= 15 is 0 Å². The highest BCUT2D eigenvalue weighted by Crippen LogP contribution is 2.40. The Balaban J connectivity index is 1.42. The van der Waals surface area contributed by atoms with E-state index in [4.69, 9.17) is 9.47 Å². The Labute approximate surface area is 232 Å². The number of halogens is 1. The molecule has 2 amide bonds. The number of rotatable bonds is 7. The molecule has 8 heteroatoms. The third-order valence-corrected chi connectivity index (χ3v) is 7.39. The lowest BCUT2D eigenvalue weighted by Gasteiger charge is -2.14. The second-order valence-corrected chi connectivity index (χ2v) is 10.3. The zero-order chi connectivity index (χ0) is 26.6. The standard InChI is InChI=1S/C30H22BrNO5S/c1-2-36-25-16-20(17-26-28(33)32(30(35)38-26)18-19-9-4-3-5-10-19)15-24(31)27(25)37-29(34)23-14-8-12-21-11-6-7-13-22(21)23/h3-17H,2,18H2,1H3/b26-17-. The fraction of sp³-hybridized carbons (Fsp3) is 0.100. The molecular formula is C30H22BrNO5S. The normalized spacial score (nSPS) is 14.4. The van der Waals surface area contributed by atoms with Crippen molar-refractivity contribution in [2.24, 2.45) is 0 Å². The topological polar surface area (TPSA) is 72.9 Å². The molecule has 1 aliphatic rings. The van der Waals surface area contributed by atoms with Crippen LogP contribution < -0.4 is 9.47 Å². The number of amides is 2. The molecule has 1 aliphatic heterocycles. The molecule has 0 aromatic heterocycles. The summed E-state index contributed by atoms with van der Waals surface area (Å²) in [6, 6.07) is 25.8. The smallest absolute Gasteiger partial charge is 0.344 e. The Hall–Kier alpha value is -3.88. The molecule has 4 aromatic rings. The molecule has 4 aromatic carbocycles. The average molecular weight is 588 g/mol. The maximum atomic E-state index is 13.2. The zero-order valence-electron chi connectivity index (χ0n) is 20.3. The van der Waals surface area contributed by atoms with Gasteiger partial charge in [-0.1, -0.05) is 66.7 Å². The van der Waals surface area contributed by atoms with E-state index < -0.39 is 5.97 Å². The predicted octanol–water partition coefficient (Wildman–Crippen LogP) is 7.46. The van der Waals surface area contributed by atoms with Crippen molar-refractivity contribution in [2.45, 2.75) is 13.5 Å². The predicted molar refractivity (Wildman–Crippen MR) is 152 cm³/mol. The van der Waals surface area contributed by atoms with Crippen LogP contribution in [0.25, 0.3) is 16.8 Å². The van der Waals surface area contributed by atoms with E-state index in [1.54, 1.807) is 24.3 Å². The maximum absolute atomic E-state index is 13.2. The van der Waals surface area contributed by atoms with Crippen LogP contribution in [0.5, 0.6) is 11.5 Å². The fourth-order valence-electron chi connectivity index (χ4n) is 4.14. The second-order valence-electron chi connectivity index (χ2n) is 8.43. The molecule has 1 heterocycles. The van der Waals surface area contributed by atoms with Gasteiger partial charge < -0.3 is 9.47 Å². The van der Waals surface area contributed by atoms with E-state index in [0.717, 1.165) is 28.1 Å². The number of benzene rings is 4. The number of carbonyl (C=O) groups excluding carboxylic acids is 3. The molecule has 0 saturated carbocycles. The minimum absolute atomic E-state index is 0.208. The summed E-state index contributed by atoms with van der Waals surface area (Å²) in [5.41, 5.74) is 1.93. The number of ether oxygens (including phenoxy) is 2. The third-order valence-electron chi connectivity index (χ3n) is 5.89. The lowest BCUT2D eigenvalue weighted by atomic mass is 10.0. The summed E-state index contributed by atoms with van der Waals surface area (Å²) in [6.07, 6.45) is 1.64. The molecule has 1 saturated heterocycles.